The zero-order valence-corrected chi connectivity index (χ0v) is 12.2. The highest BCUT2D eigenvalue weighted by Crippen LogP contribution is 2.35. The van der Waals surface area contributed by atoms with E-state index in [1.165, 1.54) is 32.1 Å². The van der Waals surface area contributed by atoms with E-state index in [1.54, 1.807) is 0 Å². The van der Waals surface area contributed by atoms with Crippen molar-refractivity contribution in [2.24, 2.45) is 17.8 Å². The second kappa shape index (κ2) is 8.10. The summed E-state index contributed by atoms with van der Waals surface area (Å²) in [6.45, 7) is 8.62. The van der Waals surface area contributed by atoms with Crippen molar-refractivity contribution >= 4 is 0 Å². The molecule has 0 aromatic carbocycles. The minimum Gasteiger partial charge on any atom is -0.382 e. The first kappa shape index (κ1) is 15.0. The molecule has 1 rings (SSSR count). The van der Waals surface area contributed by atoms with Gasteiger partial charge in [-0.1, -0.05) is 13.8 Å². The van der Waals surface area contributed by atoms with E-state index >= 15 is 0 Å². The van der Waals surface area contributed by atoms with Gasteiger partial charge in [-0.2, -0.15) is 0 Å². The Morgan fingerprint density at radius 3 is 2.65 bits per heavy atom. The van der Waals surface area contributed by atoms with Crippen LogP contribution in [-0.4, -0.2) is 26.3 Å². The molecule has 0 aromatic rings. The molecule has 17 heavy (non-hydrogen) atoms. The molecule has 0 saturated heterocycles. The Bertz CT molecular complexity index is 193. The third kappa shape index (κ3) is 4.97. The monoisotopic (exact) mass is 241 g/mol. The summed E-state index contributed by atoms with van der Waals surface area (Å²) in [6, 6.07) is 0.742. The van der Waals surface area contributed by atoms with Gasteiger partial charge in [-0.15, -0.1) is 0 Å². The highest BCUT2D eigenvalue weighted by Gasteiger charge is 2.30. The Morgan fingerprint density at radius 1 is 1.29 bits per heavy atom. The number of ether oxygens (including phenoxy) is 1. The van der Waals surface area contributed by atoms with Crippen molar-refractivity contribution in [2.75, 3.05) is 20.3 Å². The molecule has 0 amide bonds. The normalized spacial score (nSPS) is 29.8. The Hall–Kier alpha value is -0.0800. The number of hydrogen-bond donors (Lipinski definition) is 1. The van der Waals surface area contributed by atoms with Gasteiger partial charge in [-0.3, -0.25) is 0 Å². The molecule has 1 N–H and O–H groups in total. The van der Waals surface area contributed by atoms with Crippen molar-refractivity contribution in [1.82, 2.24) is 5.32 Å². The summed E-state index contributed by atoms with van der Waals surface area (Å²) in [7, 11) is 2.12. The van der Waals surface area contributed by atoms with E-state index in [4.69, 9.17) is 4.74 Å². The zero-order valence-electron chi connectivity index (χ0n) is 12.2. The first-order valence-electron chi connectivity index (χ1n) is 7.44. The molecule has 1 aliphatic carbocycles. The average molecular weight is 241 g/mol. The van der Waals surface area contributed by atoms with Gasteiger partial charge in [0.15, 0.2) is 0 Å². The van der Waals surface area contributed by atoms with Crippen molar-refractivity contribution in [3.8, 4) is 0 Å². The van der Waals surface area contributed by atoms with Crippen LogP contribution in [0.25, 0.3) is 0 Å². The third-order valence-electron chi connectivity index (χ3n) is 4.40. The largest absolute Gasteiger partial charge is 0.382 e. The first-order chi connectivity index (χ1) is 8.19. The fraction of sp³-hybridized carbons (Fsp3) is 1.00. The van der Waals surface area contributed by atoms with Crippen molar-refractivity contribution < 1.29 is 4.74 Å². The van der Waals surface area contributed by atoms with Crippen molar-refractivity contribution in [2.45, 2.75) is 58.9 Å². The van der Waals surface area contributed by atoms with Crippen LogP contribution in [0.1, 0.15) is 52.9 Å². The van der Waals surface area contributed by atoms with Crippen molar-refractivity contribution in [3.63, 3.8) is 0 Å². The van der Waals surface area contributed by atoms with Crippen LogP contribution >= 0.6 is 0 Å². The topological polar surface area (TPSA) is 21.3 Å². The van der Waals surface area contributed by atoms with Crippen LogP contribution in [0.4, 0.5) is 0 Å². The second-order valence-electron chi connectivity index (χ2n) is 5.81. The molecule has 2 heteroatoms. The van der Waals surface area contributed by atoms with Crippen LogP contribution in [0, 0.1) is 17.8 Å². The number of nitrogens with one attached hydrogen (secondary N) is 1. The van der Waals surface area contributed by atoms with Crippen molar-refractivity contribution in [3.05, 3.63) is 0 Å². The predicted octanol–water partition coefficient (Wildman–Crippen LogP) is 3.46. The molecule has 102 valence electrons. The summed E-state index contributed by atoms with van der Waals surface area (Å²) in [5.41, 5.74) is 0. The fourth-order valence-electron chi connectivity index (χ4n) is 3.20. The van der Waals surface area contributed by atoms with Crippen LogP contribution in [0.5, 0.6) is 0 Å². The van der Waals surface area contributed by atoms with Gasteiger partial charge in [-0.05, 0) is 63.8 Å². The van der Waals surface area contributed by atoms with E-state index in [0.29, 0.717) is 0 Å². The maximum Gasteiger partial charge on any atom is 0.0466 e. The lowest BCUT2D eigenvalue weighted by Gasteiger charge is -2.38. The number of hydrogen-bond acceptors (Lipinski definition) is 2. The quantitative estimate of drug-likeness (QED) is 0.689. The van der Waals surface area contributed by atoms with Crippen LogP contribution in [-0.2, 0) is 4.74 Å². The molecule has 3 unspecified atom stereocenters. The fourth-order valence-corrected chi connectivity index (χ4v) is 3.20. The van der Waals surface area contributed by atoms with Crippen LogP contribution in [0.2, 0.25) is 0 Å². The third-order valence-corrected chi connectivity index (χ3v) is 4.40. The Kier molecular flexibility index (Phi) is 7.14. The lowest BCUT2D eigenvalue weighted by Crippen LogP contribution is -2.39. The molecule has 3 atom stereocenters. The second-order valence-corrected chi connectivity index (χ2v) is 5.81. The smallest absolute Gasteiger partial charge is 0.0466 e. The van der Waals surface area contributed by atoms with E-state index < -0.39 is 0 Å². The van der Waals surface area contributed by atoms with E-state index in [2.05, 4.69) is 33.1 Å². The summed E-state index contributed by atoms with van der Waals surface area (Å²) in [4.78, 5) is 0. The Labute approximate surface area is 108 Å². The van der Waals surface area contributed by atoms with Gasteiger partial charge in [0.2, 0.25) is 0 Å². The van der Waals surface area contributed by atoms with E-state index in [1.807, 2.05) is 0 Å². The summed E-state index contributed by atoms with van der Waals surface area (Å²) in [6.07, 6.45) is 6.73. The molecule has 0 aromatic heterocycles. The molecule has 1 fully saturated rings. The Balaban J connectivity index is 2.34. The molecule has 1 saturated carbocycles. The molecule has 0 radical (unpaired) electrons. The van der Waals surface area contributed by atoms with Gasteiger partial charge >= 0.3 is 0 Å². The van der Waals surface area contributed by atoms with Gasteiger partial charge < -0.3 is 10.1 Å². The SMILES string of the molecule is CCOCCCC1CC(C(C)C)CCC1NC. The highest BCUT2D eigenvalue weighted by atomic mass is 16.5. The lowest BCUT2D eigenvalue weighted by molar-refractivity contribution is 0.120. The maximum atomic E-state index is 5.45. The predicted molar refractivity (Wildman–Crippen MR) is 74.2 cm³/mol. The molecular formula is C15H31NO. The van der Waals surface area contributed by atoms with Gasteiger partial charge in [0.05, 0.1) is 0 Å². The van der Waals surface area contributed by atoms with E-state index in [9.17, 15) is 0 Å². The first-order valence-corrected chi connectivity index (χ1v) is 7.44. The minimum absolute atomic E-state index is 0.742. The molecule has 0 aliphatic heterocycles. The minimum atomic E-state index is 0.742. The average Bonchev–Trinajstić information content (AvgIpc) is 2.34. The molecule has 0 heterocycles. The van der Waals surface area contributed by atoms with E-state index in [-0.39, 0.29) is 0 Å². The summed E-state index contributed by atoms with van der Waals surface area (Å²) < 4.78 is 5.45. The van der Waals surface area contributed by atoms with Crippen LogP contribution in [0.3, 0.4) is 0 Å². The number of rotatable bonds is 7. The van der Waals surface area contributed by atoms with Crippen LogP contribution < -0.4 is 5.32 Å². The van der Waals surface area contributed by atoms with Gasteiger partial charge in [0.1, 0.15) is 0 Å². The lowest BCUT2D eigenvalue weighted by atomic mass is 9.72. The van der Waals surface area contributed by atoms with Crippen molar-refractivity contribution in [1.29, 1.82) is 0 Å². The van der Waals surface area contributed by atoms with Gasteiger partial charge in [0, 0.05) is 19.3 Å². The molecular weight excluding hydrogens is 210 g/mol. The summed E-state index contributed by atoms with van der Waals surface area (Å²) >= 11 is 0. The molecule has 2 nitrogen and oxygen atoms in total. The molecule has 0 spiro atoms. The molecule has 0 bridgehead atoms. The van der Waals surface area contributed by atoms with Crippen LogP contribution in [0.15, 0.2) is 0 Å². The molecule has 1 aliphatic rings. The standard InChI is InChI=1S/C15H31NO/c1-5-17-10-6-7-14-11-13(12(2)3)8-9-15(14)16-4/h12-16H,5-11H2,1-4H3. The van der Waals surface area contributed by atoms with Gasteiger partial charge in [0.25, 0.3) is 0 Å². The van der Waals surface area contributed by atoms with Gasteiger partial charge in [-0.25, -0.2) is 0 Å². The highest BCUT2D eigenvalue weighted by molar-refractivity contribution is 4.85. The Morgan fingerprint density at radius 2 is 2.06 bits per heavy atom. The summed E-state index contributed by atoms with van der Waals surface area (Å²) in [5.74, 6) is 2.65. The zero-order chi connectivity index (χ0) is 12.7. The maximum absolute atomic E-state index is 5.45. The summed E-state index contributed by atoms with van der Waals surface area (Å²) in [5, 5.41) is 3.51. The van der Waals surface area contributed by atoms with E-state index in [0.717, 1.165) is 37.0 Å².